The van der Waals surface area contributed by atoms with Crippen molar-refractivity contribution in [2.75, 3.05) is 6.61 Å². The Labute approximate surface area is 314 Å². The summed E-state index contributed by atoms with van der Waals surface area (Å²) in [5.41, 5.74) is 3.07. The predicted molar refractivity (Wildman–Crippen MR) is 199 cm³/mol. The van der Waals surface area contributed by atoms with Crippen molar-refractivity contribution >= 4 is 5.78 Å². The van der Waals surface area contributed by atoms with Crippen LogP contribution < -0.4 is 11.1 Å². The maximum absolute atomic E-state index is 14.4. The number of rotatable bonds is 7. The van der Waals surface area contributed by atoms with Crippen LogP contribution >= 0.6 is 0 Å². The van der Waals surface area contributed by atoms with Gasteiger partial charge in [-0.15, -0.1) is 0 Å². The Hall–Kier alpha value is -1.89. The minimum Gasteiger partial charge on any atom is -0.396 e. The fourth-order valence-corrected chi connectivity index (χ4v) is 13.9. The summed E-state index contributed by atoms with van der Waals surface area (Å²) in [6, 6.07) is 0. The van der Waals surface area contributed by atoms with Gasteiger partial charge in [-0.05, 0) is 123 Å². The van der Waals surface area contributed by atoms with Crippen LogP contribution in [0.25, 0.3) is 0 Å². The molecule has 6 aliphatic carbocycles. The van der Waals surface area contributed by atoms with Gasteiger partial charge in [0.25, 0.3) is 0 Å². The van der Waals surface area contributed by atoms with Gasteiger partial charge >= 0.3 is 0 Å². The second-order valence-corrected chi connectivity index (χ2v) is 19.1. The Balaban J connectivity index is 1.14. The third-order valence-corrected chi connectivity index (χ3v) is 16.5. The molecule has 10 nitrogen and oxygen atoms in total. The van der Waals surface area contributed by atoms with Crippen molar-refractivity contribution in [2.24, 2.45) is 63.9 Å². The average Bonchev–Trinajstić information content (AvgIpc) is 3.46. The molecule has 4 saturated carbocycles. The van der Waals surface area contributed by atoms with Crippen LogP contribution in [0.1, 0.15) is 97.8 Å². The predicted octanol–water partition coefficient (Wildman–Crippen LogP) is 3.40. The van der Waals surface area contributed by atoms with E-state index < -0.39 is 58.3 Å². The number of allylic oxidation sites excluding steroid dienone is 5. The maximum Gasteiger partial charge on any atom is 0.159 e. The van der Waals surface area contributed by atoms with Crippen LogP contribution in [-0.2, 0) is 9.53 Å². The van der Waals surface area contributed by atoms with Gasteiger partial charge in [-0.3, -0.25) is 4.79 Å². The number of hydrogen-bond acceptors (Lipinski definition) is 10. The fourth-order valence-electron chi connectivity index (χ4n) is 13.9. The summed E-state index contributed by atoms with van der Waals surface area (Å²) in [4.78, 5) is 14.4. The van der Waals surface area contributed by atoms with E-state index >= 15 is 0 Å². The lowest BCUT2D eigenvalue weighted by Gasteiger charge is -2.63. The molecule has 5 fully saturated rings. The largest absolute Gasteiger partial charge is 0.396 e. The molecule has 0 aromatic rings. The number of hydrogen-bond donors (Lipinski definition) is 8. The van der Waals surface area contributed by atoms with E-state index in [0.717, 1.165) is 37.7 Å². The molecule has 8 rings (SSSR count). The van der Waals surface area contributed by atoms with Crippen molar-refractivity contribution in [3.05, 3.63) is 47.7 Å². The Morgan fingerprint density at radius 1 is 1.08 bits per heavy atom. The smallest absolute Gasteiger partial charge is 0.159 e. The zero-order valence-electron chi connectivity index (χ0n) is 31.8. The van der Waals surface area contributed by atoms with Crippen LogP contribution in [-0.4, -0.2) is 90.9 Å². The van der Waals surface area contributed by atoms with Gasteiger partial charge in [-0.1, -0.05) is 51.3 Å². The summed E-state index contributed by atoms with van der Waals surface area (Å²) in [6.45, 7) is 5.81. The maximum atomic E-state index is 14.4. The number of nitrogens with one attached hydrogen (secondary N) is 1. The zero-order chi connectivity index (χ0) is 37.7. The molecule has 8 aliphatic rings. The first-order chi connectivity index (χ1) is 25.2. The van der Waals surface area contributed by atoms with Crippen molar-refractivity contribution in [1.82, 2.24) is 5.32 Å². The van der Waals surface area contributed by atoms with Crippen LogP contribution in [0.15, 0.2) is 47.7 Å². The Morgan fingerprint density at radius 3 is 2.57 bits per heavy atom. The van der Waals surface area contributed by atoms with Crippen molar-refractivity contribution in [3.8, 4) is 0 Å². The van der Waals surface area contributed by atoms with Gasteiger partial charge in [0.1, 0.15) is 6.10 Å². The van der Waals surface area contributed by atoms with Crippen LogP contribution in [0.3, 0.4) is 0 Å². The number of ether oxygens (including phenoxy) is 1. The van der Waals surface area contributed by atoms with E-state index in [0.29, 0.717) is 37.2 Å². The summed E-state index contributed by atoms with van der Waals surface area (Å²) in [7, 11) is 0. The number of aliphatic hydroxyl groups is 6. The minimum absolute atomic E-state index is 0.0629. The molecule has 1 spiro atoms. The van der Waals surface area contributed by atoms with E-state index in [1.807, 2.05) is 25.3 Å². The number of carbonyl (C=O) groups is 1. The lowest BCUT2D eigenvalue weighted by atomic mass is 9.42. The van der Waals surface area contributed by atoms with Crippen molar-refractivity contribution in [3.63, 3.8) is 0 Å². The third kappa shape index (κ3) is 5.74. The summed E-state index contributed by atoms with van der Waals surface area (Å²) in [5, 5.41) is 74.2. The average molecular weight is 737 g/mol. The Kier molecular flexibility index (Phi) is 9.79. The highest BCUT2D eigenvalue weighted by atomic mass is 16.5. The van der Waals surface area contributed by atoms with E-state index in [4.69, 9.17) is 10.5 Å². The van der Waals surface area contributed by atoms with Gasteiger partial charge in [0, 0.05) is 36.0 Å². The summed E-state index contributed by atoms with van der Waals surface area (Å²) >= 11 is 0. The molecule has 10 heteroatoms. The molecule has 294 valence electrons. The molecular weight excluding hydrogens is 672 g/mol. The quantitative estimate of drug-likeness (QED) is 0.180. The molecule has 0 bridgehead atoms. The van der Waals surface area contributed by atoms with Gasteiger partial charge in [0.05, 0.1) is 41.8 Å². The van der Waals surface area contributed by atoms with Crippen molar-refractivity contribution in [1.29, 1.82) is 0 Å². The molecule has 0 radical (unpaired) electrons. The Bertz CT molecular complexity index is 1560. The lowest BCUT2D eigenvalue weighted by Crippen LogP contribution is -2.66. The monoisotopic (exact) mass is 736 g/mol. The molecule has 1 saturated heterocycles. The highest BCUT2D eigenvalue weighted by molar-refractivity contribution is 5.95. The van der Waals surface area contributed by atoms with E-state index in [1.165, 1.54) is 6.42 Å². The summed E-state index contributed by atoms with van der Waals surface area (Å²) in [6.07, 6.45) is 16.2. The molecule has 18 unspecified atom stereocenters. The molecule has 2 aliphatic heterocycles. The number of nitrogens with two attached hydrogens (primary N) is 1. The first-order valence-electron chi connectivity index (χ1n) is 20.8. The van der Waals surface area contributed by atoms with E-state index in [1.54, 1.807) is 13.0 Å². The van der Waals surface area contributed by atoms with E-state index in [-0.39, 0.29) is 67.1 Å². The van der Waals surface area contributed by atoms with Crippen LogP contribution in [0, 0.1) is 58.2 Å². The molecule has 0 amide bonds. The van der Waals surface area contributed by atoms with E-state index in [2.05, 4.69) is 24.4 Å². The Morgan fingerprint density at radius 2 is 1.85 bits per heavy atom. The molecule has 2 heterocycles. The SMILES string of the molecule is CCCC1CCC2OC(C(O)C(C)(O)C3CCC4(O)C5=CC(=O)C6CC(O)C(O)CC67CC(C6=CNC(N)C=C6)C=CC(CC34C)C57)C(CO)C2CC1. The van der Waals surface area contributed by atoms with Gasteiger partial charge < -0.3 is 46.4 Å². The highest BCUT2D eigenvalue weighted by Gasteiger charge is 2.72. The molecule has 18 atom stereocenters. The number of dihydropyridines is 1. The second-order valence-electron chi connectivity index (χ2n) is 19.1. The summed E-state index contributed by atoms with van der Waals surface area (Å²) < 4.78 is 6.64. The topological polar surface area (TPSA) is 186 Å². The molecule has 53 heavy (non-hydrogen) atoms. The molecule has 9 N–H and O–H groups in total. The normalized spacial score (nSPS) is 50.6. The first-order valence-corrected chi connectivity index (χ1v) is 20.8. The fraction of sp³-hybridized carbons (Fsp3) is 0.791. The number of ketones is 1. The number of aliphatic hydroxyl groups excluding tert-OH is 4. The highest BCUT2D eigenvalue weighted by Crippen LogP contribution is 2.72. The summed E-state index contributed by atoms with van der Waals surface area (Å²) in [5.74, 6) is -1.12. The van der Waals surface area contributed by atoms with Crippen LogP contribution in [0.5, 0.6) is 0 Å². The lowest BCUT2D eigenvalue weighted by molar-refractivity contribution is -0.204. The third-order valence-electron chi connectivity index (χ3n) is 16.5. The zero-order valence-corrected chi connectivity index (χ0v) is 31.8. The van der Waals surface area contributed by atoms with Gasteiger partial charge in [0.2, 0.25) is 0 Å². The van der Waals surface area contributed by atoms with E-state index in [9.17, 15) is 35.4 Å². The van der Waals surface area contributed by atoms with Gasteiger partial charge in [0.15, 0.2) is 5.78 Å². The van der Waals surface area contributed by atoms with Crippen LogP contribution in [0.4, 0.5) is 0 Å². The van der Waals surface area contributed by atoms with Crippen LogP contribution in [0.2, 0.25) is 0 Å². The standard InChI is InChI=1S/C43H64N2O8/c1-4-5-23-6-11-27-28(22-46)38(53-34(27)12-7-23)39(50)41(3,51)35-14-15-43(52)30-17-31(47)29-16-32(48)33(49)20-42(29)19-24(26-10-13-36(44)45-21-26)8-9-25(37(30)42)18-40(35,43)2/h8-10,13,17,21,23-25,27-29,32-39,45-46,48-52H,4-7,11-12,14-16,18-20,22,44H2,1-3H3. The van der Waals surface area contributed by atoms with Gasteiger partial charge in [-0.25, -0.2) is 0 Å². The first kappa shape index (κ1) is 38.0. The number of fused-ring (bicyclic) bond motifs is 3. The molecular formula is C43H64N2O8. The second kappa shape index (κ2) is 13.6. The molecule has 0 aromatic carbocycles. The van der Waals surface area contributed by atoms with Gasteiger partial charge in [-0.2, -0.15) is 0 Å². The molecule has 0 aromatic heterocycles. The van der Waals surface area contributed by atoms with Crippen molar-refractivity contribution in [2.45, 2.75) is 146 Å². The van der Waals surface area contributed by atoms with Crippen molar-refractivity contribution < 1.29 is 40.2 Å². The minimum atomic E-state index is -1.66. The number of carbonyl (C=O) groups excluding carboxylic acids is 1.